The lowest BCUT2D eigenvalue weighted by Crippen LogP contribution is -2.17. The number of nitrogens with one attached hydrogen (secondary N) is 2. The number of halogens is 1. The van der Waals surface area contributed by atoms with Gasteiger partial charge in [0.15, 0.2) is 0 Å². The largest absolute Gasteiger partial charge is 0.465 e. The Balaban J connectivity index is 2.36. The van der Waals surface area contributed by atoms with E-state index < -0.39 is 16.0 Å². The van der Waals surface area contributed by atoms with E-state index in [4.69, 9.17) is 16.3 Å². The van der Waals surface area contributed by atoms with Gasteiger partial charge in [0.25, 0.3) is 10.0 Å². The number of methoxy groups -OCH3 is 1. The Morgan fingerprint density at radius 2 is 1.81 bits per heavy atom. The molecule has 0 fully saturated rings. The summed E-state index contributed by atoms with van der Waals surface area (Å²) < 4.78 is 33.1. The van der Waals surface area contributed by atoms with Gasteiger partial charge in [0.05, 0.1) is 18.4 Å². The van der Waals surface area contributed by atoms with Gasteiger partial charge in [-0.05, 0) is 48.9 Å². The molecule has 146 valence electrons. The Morgan fingerprint density at radius 1 is 1.11 bits per heavy atom. The quantitative estimate of drug-likeness (QED) is 0.468. The molecule has 0 aliphatic rings. The number of rotatable bonds is 9. The summed E-state index contributed by atoms with van der Waals surface area (Å²) in [5, 5.41) is 3.64. The van der Waals surface area contributed by atoms with Crippen LogP contribution in [0.1, 0.15) is 36.5 Å². The van der Waals surface area contributed by atoms with Gasteiger partial charge in [0.1, 0.15) is 4.90 Å². The van der Waals surface area contributed by atoms with Gasteiger partial charge >= 0.3 is 5.97 Å². The average Bonchev–Trinajstić information content (AvgIpc) is 2.66. The van der Waals surface area contributed by atoms with Crippen LogP contribution >= 0.6 is 11.6 Å². The Morgan fingerprint density at radius 3 is 2.44 bits per heavy atom. The fourth-order valence-electron chi connectivity index (χ4n) is 2.46. The van der Waals surface area contributed by atoms with E-state index in [9.17, 15) is 13.2 Å². The highest BCUT2D eigenvalue weighted by molar-refractivity contribution is 7.92. The van der Waals surface area contributed by atoms with Crippen molar-refractivity contribution in [3.63, 3.8) is 0 Å². The van der Waals surface area contributed by atoms with E-state index in [1.807, 2.05) is 0 Å². The van der Waals surface area contributed by atoms with E-state index in [1.165, 1.54) is 19.2 Å². The summed E-state index contributed by atoms with van der Waals surface area (Å²) in [6.45, 7) is 2.73. The second-order valence-electron chi connectivity index (χ2n) is 5.95. The van der Waals surface area contributed by atoms with E-state index in [1.54, 1.807) is 30.3 Å². The summed E-state index contributed by atoms with van der Waals surface area (Å²) in [6.07, 6.45) is 3.02. The number of carbonyl (C=O) groups excluding carboxylic acids is 1. The number of sulfonamides is 1. The molecule has 0 bridgehead atoms. The SMILES string of the molecule is CCCCCNc1ccc(C(=O)OC)cc1S(=O)(=O)Nc1ccc(Cl)cc1. The van der Waals surface area contributed by atoms with Crippen LogP contribution in [0.4, 0.5) is 11.4 Å². The van der Waals surface area contributed by atoms with E-state index in [0.29, 0.717) is 22.9 Å². The summed E-state index contributed by atoms with van der Waals surface area (Å²) in [5.41, 5.74) is 0.966. The maximum Gasteiger partial charge on any atom is 0.337 e. The summed E-state index contributed by atoms with van der Waals surface area (Å²) in [5.74, 6) is -0.601. The lowest BCUT2D eigenvalue weighted by atomic mass is 10.2. The van der Waals surface area contributed by atoms with Gasteiger partial charge in [-0.15, -0.1) is 0 Å². The van der Waals surface area contributed by atoms with Crippen molar-refractivity contribution in [2.75, 3.05) is 23.7 Å². The third-order valence-corrected chi connectivity index (χ3v) is 5.56. The van der Waals surface area contributed by atoms with E-state index in [-0.39, 0.29) is 10.5 Å². The zero-order chi connectivity index (χ0) is 19.9. The molecule has 0 atom stereocenters. The van der Waals surface area contributed by atoms with Crippen molar-refractivity contribution in [1.82, 2.24) is 0 Å². The highest BCUT2D eigenvalue weighted by Gasteiger charge is 2.21. The van der Waals surface area contributed by atoms with Crippen LogP contribution in [0.25, 0.3) is 0 Å². The minimum atomic E-state index is -3.93. The Labute approximate surface area is 164 Å². The first-order chi connectivity index (χ1) is 12.9. The monoisotopic (exact) mass is 410 g/mol. The van der Waals surface area contributed by atoms with Gasteiger partial charge in [-0.2, -0.15) is 0 Å². The van der Waals surface area contributed by atoms with Gasteiger partial charge in [-0.25, -0.2) is 13.2 Å². The summed E-state index contributed by atoms with van der Waals surface area (Å²) in [4.78, 5) is 11.8. The second kappa shape index (κ2) is 9.62. The number of esters is 1. The topological polar surface area (TPSA) is 84.5 Å². The van der Waals surface area contributed by atoms with Crippen molar-refractivity contribution in [2.45, 2.75) is 31.1 Å². The summed E-state index contributed by atoms with van der Waals surface area (Å²) >= 11 is 5.84. The van der Waals surface area contributed by atoms with Crippen LogP contribution in [0.15, 0.2) is 47.4 Å². The molecule has 0 heterocycles. The van der Waals surface area contributed by atoms with Crippen LogP contribution in [0.3, 0.4) is 0 Å². The number of carbonyl (C=O) groups is 1. The van der Waals surface area contributed by atoms with E-state index in [2.05, 4.69) is 17.0 Å². The van der Waals surface area contributed by atoms with Gasteiger partial charge in [0, 0.05) is 17.3 Å². The van der Waals surface area contributed by atoms with Crippen LogP contribution in [0.5, 0.6) is 0 Å². The maximum absolute atomic E-state index is 12.9. The van der Waals surface area contributed by atoms with Crippen LogP contribution in [-0.2, 0) is 14.8 Å². The number of ether oxygens (including phenoxy) is 1. The normalized spacial score (nSPS) is 11.1. The van der Waals surface area contributed by atoms with Crippen LogP contribution in [-0.4, -0.2) is 28.0 Å². The maximum atomic E-state index is 12.9. The molecule has 8 heteroatoms. The average molecular weight is 411 g/mol. The predicted molar refractivity (Wildman–Crippen MR) is 108 cm³/mol. The van der Waals surface area contributed by atoms with Crippen molar-refractivity contribution in [1.29, 1.82) is 0 Å². The molecule has 0 saturated carbocycles. The molecule has 0 spiro atoms. The molecule has 2 rings (SSSR count). The first kappa shape index (κ1) is 21.1. The van der Waals surface area contributed by atoms with E-state index in [0.717, 1.165) is 19.3 Å². The van der Waals surface area contributed by atoms with Gasteiger partial charge in [0.2, 0.25) is 0 Å². The van der Waals surface area contributed by atoms with Crippen molar-refractivity contribution >= 4 is 39.0 Å². The lowest BCUT2D eigenvalue weighted by molar-refractivity contribution is 0.0600. The molecule has 2 N–H and O–H groups in total. The lowest BCUT2D eigenvalue weighted by Gasteiger charge is -2.15. The van der Waals surface area contributed by atoms with Crippen LogP contribution < -0.4 is 10.0 Å². The molecule has 0 saturated heterocycles. The van der Waals surface area contributed by atoms with E-state index >= 15 is 0 Å². The molecule has 0 radical (unpaired) electrons. The number of anilines is 2. The molecule has 0 amide bonds. The Hall–Kier alpha value is -2.25. The van der Waals surface area contributed by atoms with Crippen molar-refractivity contribution in [2.24, 2.45) is 0 Å². The molecule has 0 aliphatic carbocycles. The molecular weight excluding hydrogens is 388 g/mol. The smallest absolute Gasteiger partial charge is 0.337 e. The predicted octanol–water partition coefficient (Wildman–Crippen LogP) is 4.53. The molecule has 6 nitrogen and oxygen atoms in total. The molecule has 27 heavy (non-hydrogen) atoms. The Kier molecular flexibility index (Phi) is 7.50. The Bertz CT molecular complexity index is 883. The summed E-state index contributed by atoms with van der Waals surface area (Å²) in [6, 6.07) is 10.7. The number of benzene rings is 2. The molecule has 0 aliphatic heterocycles. The first-order valence-electron chi connectivity index (χ1n) is 8.62. The van der Waals surface area contributed by atoms with Crippen LogP contribution in [0, 0.1) is 0 Å². The van der Waals surface area contributed by atoms with Gasteiger partial charge in [-0.3, -0.25) is 4.72 Å². The standard InChI is InChI=1S/C19H23ClN2O4S/c1-3-4-5-12-21-17-11-6-14(19(23)26-2)13-18(17)27(24,25)22-16-9-7-15(20)8-10-16/h6-11,13,21-22H,3-5,12H2,1-2H3. The highest BCUT2D eigenvalue weighted by Crippen LogP contribution is 2.26. The van der Waals surface area contributed by atoms with Crippen molar-refractivity contribution < 1.29 is 17.9 Å². The zero-order valence-electron chi connectivity index (χ0n) is 15.3. The molecule has 2 aromatic rings. The number of hydrogen-bond acceptors (Lipinski definition) is 5. The fourth-order valence-corrected chi connectivity index (χ4v) is 3.86. The number of hydrogen-bond donors (Lipinski definition) is 2. The highest BCUT2D eigenvalue weighted by atomic mass is 35.5. The van der Waals surface area contributed by atoms with Gasteiger partial charge in [-0.1, -0.05) is 31.4 Å². The second-order valence-corrected chi connectivity index (χ2v) is 8.04. The molecule has 0 aromatic heterocycles. The minimum Gasteiger partial charge on any atom is -0.465 e. The van der Waals surface area contributed by atoms with Gasteiger partial charge < -0.3 is 10.1 Å². The third kappa shape index (κ3) is 5.87. The molecule has 0 unspecified atom stereocenters. The first-order valence-corrected chi connectivity index (χ1v) is 10.5. The summed E-state index contributed by atoms with van der Waals surface area (Å²) in [7, 11) is -2.68. The third-order valence-electron chi connectivity index (χ3n) is 3.88. The molecular formula is C19H23ClN2O4S. The fraction of sp³-hybridized carbons (Fsp3) is 0.316. The van der Waals surface area contributed by atoms with Crippen molar-refractivity contribution in [3.8, 4) is 0 Å². The number of unbranched alkanes of at least 4 members (excludes halogenated alkanes) is 2. The van der Waals surface area contributed by atoms with Crippen LogP contribution in [0.2, 0.25) is 5.02 Å². The zero-order valence-corrected chi connectivity index (χ0v) is 16.9. The molecule has 2 aromatic carbocycles. The van der Waals surface area contributed by atoms with Crippen molar-refractivity contribution in [3.05, 3.63) is 53.1 Å². The minimum absolute atomic E-state index is 0.0168.